The molecule has 2 aromatic carbocycles. The number of carbonyl (C=O) groups is 1. The van der Waals surface area contributed by atoms with Crippen molar-refractivity contribution in [2.45, 2.75) is 45.3 Å². The molecule has 3 N–H and O–H groups in total. The number of amides is 1. The Hall–Kier alpha value is -2.87. The predicted octanol–water partition coefficient (Wildman–Crippen LogP) is 4.80. The Kier molecular flexibility index (Phi) is 7.66. The molecule has 2 aliphatic rings. The average molecular weight is 478 g/mol. The van der Waals surface area contributed by atoms with Crippen molar-refractivity contribution in [2.24, 2.45) is 5.92 Å². The van der Waals surface area contributed by atoms with Gasteiger partial charge in [-0.3, -0.25) is 4.79 Å². The molecule has 0 radical (unpaired) electrons. The second-order valence-corrected chi connectivity index (χ2v) is 9.61. The second kappa shape index (κ2) is 11.2. The molecule has 2 saturated heterocycles. The molecule has 5 rings (SSSR count). The Morgan fingerprint density at radius 3 is 2.69 bits per heavy atom. The molecule has 35 heavy (non-hydrogen) atoms. The second-order valence-electron chi connectivity index (χ2n) is 9.61. The van der Waals surface area contributed by atoms with Crippen LogP contribution in [0.15, 0.2) is 42.5 Å². The van der Waals surface area contributed by atoms with Crippen molar-refractivity contribution in [3.05, 3.63) is 59.3 Å². The lowest BCUT2D eigenvalue weighted by molar-refractivity contribution is 0.0662. The molecule has 2 fully saturated rings. The van der Waals surface area contributed by atoms with Gasteiger partial charge in [0.05, 0.1) is 6.10 Å². The van der Waals surface area contributed by atoms with Crippen LogP contribution in [-0.2, 0) is 16.0 Å². The van der Waals surface area contributed by atoms with Crippen molar-refractivity contribution < 1.29 is 19.0 Å². The van der Waals surface area contributed by atoms with Crippen LogP contribution >= 0.6 is 0 Å². The van der Waals surface area contributed by atoms with Crippen LogP contribution in [0.1, 0.15) is 47.3 Å². The molecule has 7 nitrogen and oxygen atoms in total. The number of ether oxygens (including phenoxy) is 3. The fourth-order valence-corrected chi connectivity index (χ4v) is 4.86. The Morgan fingerprint density at radius 1 is 1.09 bits per heavy atom. The maximum absolute atomic E-state index is 12.9. The van der Waals surface area contributed by atoms with Gasteiger partial charge < -0.3 is 29.8 Å². The monoisotopic (exact) mass is 477 g/mol. The van der Waals surface area contributed by atoms with E-state index in [1.807, 2.05) is 31.2 Å². The van der Waals surface area contributed by atoms with Crippen molar-refractivity contribution >= 4 is 22.5 Å². The van der Waals surface area contributed by atoms with E-state index in [0.717, 1.165) is 92.2 Å². The van der Waals surface area contributed by atoms with Gasteiger partial charge in [-0.05, 0) is 93.1 Å². The van der Waals surface area contributed by atoms with Crippen molar-refractivity contribution in [1.29, 1.82) is 0 Å². The summed E-state index contributed by atoms with van der Waals surface area (Å²) in [4.78, 5) is 16.4. The number of aromatic nitrogens is 1. The first-order valence-electron chi connectivity index (χ1n) is 12.7. The molecule has 1 amide bonds. The third kappa shape index (κ3) is 6.04. The summed E-state index contributed by atoms with van der Waals surface area (Å²) in [5.74, 6) is 1.31. The Labute approximate surface area is 206 Å². The number of aromatic amines is 1. The molecule has 3 heterocycles. The smallest absolute Gasteiger partial charge is 0.255 e. The van der Waals surface area contributed by atoms with E-state index in [4.69, 9.17) is 14.2 Å². The zero-order valence-electron chi connectivity index (χ0n) is 20.4. The van der Waals surface area contributed by atoms with Gasteiger partial charge in [-0.15, -0.1) is 0 Å². The fourth-order valence-electron chi connectivity index (χ4n) is 4.86. The number of anilines is 1. The quantitative estimate of drug-likeness (QED) is 0.412. The van der Waals surface area contributed by atoms with Crippen LogP contribution in [0.25, 0.3) is 10.9 Å². The lowest BCUT2D eigenvalue weighted by Gasteiger charge is -2.22. The maximum atomic E-state index is 12.9. The van der Waals surface area contributed by atoms with E-state index in [2.05, 4.69) is 21.7 Å². The molecular weight excluding hydrogens is 442 g/mol. The van der Waals surface area contributed by atoms with E-state index in [1.165, 1.54) is 0 Å². The average Bonchev–Trinajstić information content (AvgIpc) is 3.56. The zero-order valence-corrected chi connectivity index (χ0v) is 20.4. The van der Waals surface area contributed by atoms with Crippen LogP contribution in [0, 0.1) is 12.8 Å². The number of fused-ring (bicyclic) bond motifs is 1. The minimum atomic E-state index is -0.132. The van der Waals surface area contributed by atoms with E-state index in [1.54, 1.807) is 12.1 Å². The standard InChI is InChI=1S/C28H35N3O4/c1-19-25-15-22(17-29-16-20-10-13-33-14-11-20)30-27(25)9-8-26(19)31-28(32)21-4-6-23(7-5-21)35-18-24-3-2-12-34-24/h4-9,15,20,24,29-30H,2-3,10-14,16-18H2,1H3,(H,31,32)/t24-/m0/s1. The minimum absolute atomic E-state index is 0.132. The van der Waals surface area contributed by atoms with Crippen LogP contribution in [0.4, 0.5) is 5.69 Å². The topological polar surface area (TPSA) is 84.6 Å². The van der Waals surface area contributed by atoms with Gasteiger partial charge in [0.15, 0.2) is 0 Å². The van der Waals surface area contributed by atoms with Gasteiger partial charge in [0.25, 0.3) is 5.91 Å². The lowest BCUT2D eigenvalue weighted by Crippen LogP contribution is -2.27. The number of benzene rings is 2. The molecule has 1 atom stereocenters. The van der Waals surface area contributed by atoms with E-state index >= 15 is 0 Å². The molecule has 0 bridgehead atoms. The first kappa shape index (κ1) is 23.9. The summed E-state index contributed by atoms with van der Waals surface area (Å²) in [5, 5.41) is 7.77. The molecule has 0 spiro atoms. The van der Waals surface area contributed by atoms with Gasteiger partial charge >= 0.3 is 0 Å². The first-order valence-corrected chi connectivity index (χ1v) is 12.7. The third-order valence-corrected chi connectivity index (χ3v) is 7.04. The Morgan fingerprint density at radius 2 is 1.91 bits per heavy atom. The molecule has 0 aliphatic carbocycles. The highest BCUT2D eigenvalue weighted by atomic mass is 16.5. The molecule has 7 heteroatoms. The van der Waals surface area contributed by atoms with Crippen LogP contribution in [-0.4, -0.2) is 50.0 Å². The molecular formula is C28H35N3O4. The minimum Gasteiger partial charge on any atom is -0.491 e. The summed E-state index contributed by atoms with van der Waals surface area (Å²) >= 11 is 0. The number of rotatable bonds is 9. The van der Waals surface area contributed by atoms with Crippen LogP contribution < -0.4 is 15.4 Å². The maximum Gasteiger partial charge on any atom is 0.255 e. The van der Waals surface area contributed by atoms with Crippen molar-refractivity contribution in [2.75, 3.05) is 38.3 Å². The number of aryl methyl sites for hydroxylation is 1. The molecule has 0 unspecified atom stereocenters. The van der Waals surface area contributed by atoms with Gasteiger partial charge in [0, 0.05) is 54.2 Å². The van der Waals surface area contributed by atoms with Crippen LogP contribution in [0.5, 0.6) is 5.75 Å². The Balaban J connectivity index is 1.17. The van der Waals surface area contributed by atoms with Gasteiger partial charge in [0.1, 0.15) is 12.4 Å². The first-order chi connectivity index (χ1) is 17.2. The number of H-pyrrole nitrogens is 1. The van der Waals surface area contributed by atoms with E-state index in [-0.39, 0.29) is 12.0 Å². The molecule has 3 aromatic rings. The number of carbonyl (C=O) groups excluding carboxylic acids is 1. The van der Waals surface area contributed by atoms with Gasteiger partial charge in [0.2, 0.25) is 0 Å². The van der Waals surface area contributed by atoms with E-state index < -0.39 is 0 Å². The summed E-state index contributed by atoms with van der Waals surface area (Å²) < 4.78 is 16.8. The molecule has 186 valence electrons. The predicted molar refractivity (Wildman–Crippen MR) is 137 cm³/mol. The summed E-state index contributed by atoms with van der Waals surface area (Å²) in [5.41, 5.74) is 4.70. The van der Waals surface area contributed by atoms with Crippen molar-refractivity contribution in [1.82, 2.24) is 10.3 Å². The summed E-state index contributed by atoms with van der Waals surface area (Å²) in [6.07, 6.45) is 4.57. The summed E-state index contributed by atoms with van der Waals surface area (Å²) in [6, 6.07) is 13.4. The summed E-state index contributed by atoms with van der Waals surface area (Å²) in [6.45, 7) is 6.98. The number of hydrogen-bond donors (Lipinski definition) is 3. The lowest BCUT2D eigenvalue weighted by atomic mass is 10.0. The zero-order chi connectivity index (χ0) is 24.0. The number of hydrogen-bond acceptors (Lipinski definition) is 5. The van der Waals surface area contributed by atoms with E-state index in [0.29, 0.717) is 18.1 Å². The number of nitrogens with one attached hydrogen (secondary N) is 3. The third-order valence-electron chi connectivity index (χ3n) is 7.04. The highest BCUT2D eigenvalue weighted by molar-refractivity contribution is 6.06. The summed E-state index contributed by atoms with van der Waals surface area (Å²) in [7, 11) is 0. The molecule has 1 aromatic heterocycles. The molecule has 2 aliphatic heterocycles. The fraction of sp³-hybridized carbons (Fsp3) is 0.464. The van der Waals surface area contributed by atoms with Crippen LogP contribution in [0.3, 0.4) is 0 Å². The normalized spacial score (nSPS) is 18.7. The van der Waals surface area contributed by atoms with Gasteiger partial charge in [-0.2, -0.15) is 0 Å². The highest BCUT2D eigenvalue weighted by Gasteiger charge is 2.17. The van der Waals surface area contributed by atoms with Gasteiger partial charge in [-0.25, -0.2) is 0 Å². The van der Waals surface area contributed by atoms with E-state index in [9.17, 15) is 4.79 Å². The highest BCUT2D eigenvalue weighted by Crippen LogP contribution is 2.27. The largest absolute Gasteiger partial charge is 0.491 e. The Bertz CT molecular complexity index is 1130. The molecule has 0 saturated carbocycles. The SMILES string of the molecule is Cc1c(NC(=O)c2ccc(OC[C@@H]3CCCO3)cc2)ccc2[nH]c(CNCC3CCOCC3)cc12. The van der Waals surface area contributed by atoms with Crippen molar-refractivity contribution in [3.8, 4) is 5.75 Å². The van der Waals surface area contributed by atoms with Crippen molar-refractivity contribution in [3.63, 3.8) is 0 Å². The van der Waals surface area contributed by atoms with Crippen LogP contribution in [0.2, 0.25) is 0 Å². The van der Waals surface area contributed by atoms with Gasteiger partial charge in [-0.1, -0.05) is 0 Å².